The van der Waals surface area contributed by atoms with Gasteiger partial charge in [-0.3, -0.25) is 0 Å². The van der Waals surface area contributed by atoms with Gasteiger partial charge in [0.1, 0.15) is 5.58 Å². The van der Waals surface area contributed by atoms with Crippen LogP contribution in [0.5, 0.6) is 0 Å². The number of rotatable bonds is 8. The largest absolute Gasteiger partial charge is 0.501 e. The number of hydrogen-bond acceptors (Lipinski definition) is 3. The van der Waals surface area contributed by atoms with E-state index in [9.17, 15) is 0 Å². The summed E-state index contributed by atoms with van der Waals surface area (Å²) >= 11 is -1.91. The molecule has 1 aliphatic rings. The molecule has 0 atom stereocenters. The third kappa shape index (κ3) is 10.4. The molecule has 0 aliphatic heterocycles. The first kappa shape index (κ1) is 42.8. The Labute approximate surface area is 357 Å². The Kier molecular flexibility index (Phi) is 13.8. The zero-order valence-electron chi connectivity index (χ0n) is 35.1. The Morgan fingerprint density at radius 3 is 2.25 bits per heavy atom. The van der Waals surface area contributed by atoms with Gasteiger partial charge in [-0.2, -0.15) is 0 Å². The summed E-state index contributed by atoms with van der Waals surface area (Å²) in [5.41, 5.74) is 12.5. The van der Waals surface area contributed by atoms with E-state index in [1.165, 1.54) is 54.4 Å². The van der Waals surface area contributed by atoms with Crippen molar-refractivity contribution in [3.8, 4) is 33.6 Å². The van der Waals surface area contributed by atoms with Gasteiger partial charge in [-0.05, 0) is 41.3 Å². The maximum Gasteiger partial charge on any atom is 0.121 e. The second-order valence-electron chi connectivity index (χ2n) is 18.3. The van der Waals surface area contributed by atoms with E-state index < -0.39 is 13.3 Å². The molecule has 0 unspecified atom stereocenters. The Hall–Kier alpha value is -3.83. The molecule has 0 saturated heterocycles. The van der Waals surface area contributed by atoms with Crippen LogP contribution in [0, 0.1) is 24.0 Å². The predicted molar refractivity (Wildman–Crippen MR) is 240 cm³/mol. The molecule has 4 aromatic carbocycles. The molecule has 297 valence electrons. The van der Waals surface area contributed by atoms with Gasteiger partial charge in [0.05, 0.1) is 5.58 Å². The van der Waals surface area contributed by atoms with Crippen molar-refractivity contribution < 1.29 is 24.5 Å². The van der Waals surface area contributed by atoms with Gasteiger partial charge in [-0.1, -0.05) is 97.1 Å². The maximum atomic E-state index is 6.42. The van der Waals surface area contributed by atoms with Crippen molar-refractivity contribution in [3.05, 3.63) is 138 Å². The van der Waals surface area contributed by atoms with Crippen LogP contribution >= 0.6 is 0 Å². The summed E-state index contributed by atoms with van der Waals surface area (Å²) in [5, 5.41) is 2.25. The van der Waals surface area contributed by atoms with E-state index in [0.29, 0.717) is 5.92 Å². The van der Waals surface area contributed by atoms with Gasteiger partial charge in [0, 0.05) is 31.7 Å². The normalized spacial score (nSPS) is 13.7. The van der Waals surface area contributed by atoms with Crippen molar-refractivity contribution in [1.29, 1.82) is 0 Å². The first-order valence-corrected chi connectivity index (χ1v) is 28.1. The molecule has 0 N–H and O–H groups in total. The number of benzene rings is 4. The molecular weight excluding hydrogens is 933 g/mol. The number of pyridine rings is 2. The van der Waals surface area contributed by atoms with E-state index in [4.69, 9.17) is 14.4 Å². The Morgan fingerprint density at radius 1 is 0.772 bits per heavy atom. The molecular formula is C52H58GeIrN2O-2. The molecule has 1 saturated carbocycles. The van der Waals surface area contributed by atoms with Crippen LogP contribution in [0.3, 0.4) is 0 Å². The number of furan rings is 1. The fourth-order valence-corrected chi connectivity index (χ4v) is 11.5. The smallest absolute Gasteiger partial charge is 0.121 e. The van der Waals surface area contributed by atoms with E-state index in [2.05, 4.69) is 149 Å². The zero-order valence-corrected chi connectivity index (χ0v) is 39.6. The van der Waals surface area contributed by atoms with Crippen molar-refractivity contribution in [1.82, 2.24) is 9.97 Å². The van der Waals surface area contributed by atoms with Gasteiger partial charge in [-0.25, -0.2) is 0 Å². The second-order valence-corrected chi connectivity index (χ2v) is 28.9. The van der Waals surface area contributed by atoms with E-state index in [1.807, 2.05) is 24.4 Å². The summed E-state index contributed by atoms with van der Waals surface area (Å²) in [4.78, 5) is 9.52. The van der Waals surface area contributed by atoms with Crippen molar-refractivity contribution >= 4 is 39.6 Å². The Bertz CT molecular complexity index is 2410. The molecule has 0 amide bonds. The van der Waals surface area contributed by atoms with Crippen LogP contribution in [-0.2, 0) is 38.4 Å². The summed E-state index contributed by atoms with van der Waals surface area (Å²) < 4.78 is 7.96. The van der Waals surface area contributed by atoms with Gasteiger partial charge in [0.15, 0.2) is 0 Å². The molecule has 5 heteroatoms. The molecule has 3 heterocycles. The van der Waals surface area contributed by atoms with Gasteiger partial charge in [-0.15, -0.1) is 18.2 Å². The van der Waals surface area contributed by atoms with Crippen molar-refractivity contribution in [2.24, 2.45) is 11.8 Å². The van der Waals surface area contributed by atoms with E-state index in [-0.39, 0.29) is 25.5 Å². The average Bonchev–Trinajstić information content (AvgIpc) is 3.56. The molecule has 57 heavy (non-hydrogen) atoms. The van der Waals surface area contributed by atoms with Gasteiger partial charge < -0.3 is 9.40 Å². The van der Waals surface area contributed by atoms with Crippen LogP contribution in [0.1, 0.15) is 83.4 Å². The Morgan fingerprint density at radius 2 is 1.53 bits per heavy atom. The zero-order chi connectivity index (χ0) is 39.5. The number of fused-ring (bicyclic) bond motifs is 3. The quantitative estimate of drug-likeness (QED) is 0.112. The molecule has 1 fully saturated rings. The monoisotopic (exact) mass is 993 g/mol. The average molecular weight is 992 g/mol. The molecule has 1 radical (unpaired) electrons. The van der Waals surface area contributed by atoms with Crippen molar-refractivity contribution in [3.63, 3.8) is 0 Å². The van der Waals surface area contributed by atoms with Crippen LogP contribution in [0.25, 0.3) is 55.6 Å². The second kappa shape index (κ2) is 18.4. The molecule has 7 aromatic rings. The summed E-state index contributed by atoms with van der Waals surface area (Å²) in [6, 6.07) is 41.0. The third-order valence-corrected chi connectivity index (χ3v) is 15.6. The molecule has 3 aromatic heterocycles. The first-order chi connectivity index (χ1) is 26.8. The molecule has 1 aliphatic carbocycles. The Balaban J connectivity index is 0.000000198. The van der Waals surface area contributed by atoms with E-state index in [1.54, 1.807) is 4.40 Å². The molecule has 3 nitrogen and oxygen atoms in total. The topological polar surface area (TPSA) is 38.9 Å². The van der Waals surface area contributed by atoms with Gasteiger partial charge in [0.2, 0.25) is 0 Å². The number of hydrogen-bond donors (Lipinski definition) is 0. The standard InChI is InChI=1S/C30H26NO.C22H32GeN.Ir/c1-3-8-21(9-4-1)18-22-16-17-31-28(19-22)27-13-7-12-26-25-15-14-24(20-29(25)32-30(26)27)23-10-5-2-6-11-23;1-16(2)12-18-14-21(24-15-20(18)23(6,7)8)17-10-9-11-19(13-17)22(3,4)5;/h2,5-7,10-12,14-17,19-21H,1,3-4,8-9,18H2;9,11,13-16H,12H2,1-8H3;/q2*-1;. The molecule has 8 rings (SSSR count). The van der Waals surface area contributed by atoms with Crippen LogP contribution in [0.2, 0.25) is 17.3 Å². The minimum atomic E-state index is -1.91. The maximum absolute atomic E-state index is 6.42. The summed E-state index contributed by atoms with van der Waals surface area (Å²) in [6.45, 7) is 11.3. The molecule has 0 spiro atoms. The predicted octanol–water partition coefficient (Wildman–Crippen LogP) is 13.8. The van der Waals surface area contributed by atoms with Crippen LogP contribution in [0.15, 0.2) is 114 Å². The van der Waals surface area contributed by atoms with E-state index >= 15 is 0 Å². The minimum absolute atomic E-state index is 0. The first-order valence-electron chi connectivity index (χ1n) is 20.7. The summed E-state index contributed by atoms with van der Waals surface area (Å²) in [6.07, 6.45) is 13.2. The SMILES string of the molecule is CC(C)Cc1cc(-c2[c-]ccc(C(C)(C)C)c2)nc[c]1[Ge]([CH3])([CH3])[CH3].[Ir].[c-]1ccc2c(oc3cc(-c4ccccc4)ccc32)c1-c1cc(CC2CCCCC2)ccn1. The van der Waals surface area contributed by atoms with E-state index in [0.717, 1.165) is 68.8 Å². The fraction of sp³-hybridized carbons (Fsp3) is 0.346. The fourth-order valence-electron chi connectivity index (χ4n) is 8.21. The minimum Gasteiger partial charge on any atom is -0.501 e. The molecule has 0 bridgehead atoms. The van der Waals surface area contributed by atoms with Gasteiger partial charge >= 0.3 is 151 Å². The van der Waals surface area contributed by atoms with Crippen LogP contribution < -0.4 is 4.40 Å². The number of aromatic nitrogens is 2. The van der Waals surface area contributed by atoms with Crippen LogP contribution in [-0.4, -0.2) is 23.2 Å². The summed E-state index contributed by atoms with van der Waals surface area (Å²) in [7, 11) is 0. The van der Waals surface area contributed by atoms with Crippen molar-refractivity contribution in [2.45, 2.75) is 102 Å². The van der Waals surface area contributed by atoms with Crippen LogP contribution in [0.4, 0.5) is 0 Å². The van der Waals surface area contributed by atoms with Crippen molar-refractivity contribution in [2.75, 3.05) is 0 Å². The van der Waals surface area contributed by atoms with Gasteiger partial charge in [0.25, 0.3) is 0 Å². The summed E-state index contributed by atoms with van der Waals surface area (Å²) in [5.74, 6) is 8.82. The number of nitrogens with zero attached hydrogens (tertiary/aromatic N) is 2. The third-order valence-electron chi connectivity index (χ3n) is 11.2.